The number of rotatable bonds is 1. The van der Waals surface area contributed by atoms with E-state index in [0.717, 1.165) is 5.04 Å². The van der Waals surface area contributed by atoms with Crippen LogP contribution >= 0.6 is 11.8 Å². The molecule has 80 valence electrons. The van der Waals surface area contributed by atoms with Gasteiger partial charge >= 0.3 is 0 Å². The van der Waals surface area contributed by atoms with Gasteiger partial charge in [0.05, 0.1) is 11.7 Å². The van der Waals surface area contributed by atoms with E-state index in [1.165, 1.54) is 11.8 Å². The molecular weight excluding hydrogens is 206 g/mol. The molecule has 14 heavy (non-hydrogen) atoms. The van der Waals surface area contributed by atoms with E-state index < -0.39 is 24.4 Å². The van der Waals surface area contributed by atoms with Crippen molar-refractivity contribution in [3.8, 4) is 0 Å². The molecule has 0 aliphatic carbocycles. The van der Waals surface area contributed by atoms with Crippen LogP contribution in [0.2, 0.25) is 0 Å². The second-order valence-electron chi connectivity index (χ2n) is 3.46. The molecule has 0 aromatic rings. The van der Waals surface area contributed by atoms with Gasteiger partial charge in [-0.3, -0.25) is 4.99 Å². The number of aliphatic hydroxyl groups excluding tert-OH is 3. The normalized spacial score (nSPS) is 47.4. The Kier molecular flexibility index (Phi) is 2.81. The number of aliphatic imine (C=N–C) groups is 1. The second kappa shape index (κ2) is 3.79. The molecule has 2 unspecified atom stereocenters. The molecule has 1 fully saturated rings. The van der Waals surface area contributed by atoms with Crippen LogP contribution in [0.1, 0.15) is 6.92 Å². The van der Waals surface area contributed by atoms with Crippen LogP contribution in [0, 0.1) is 0 Å². The number of thioether (sulfide) groups is 1. The quantitative estimate of drug-likeness (QED) is 0.525. The summed E-state index contributed by atoms with van der Waals surface area (Å²) in [5.41, 5.74) is -0.273. The van der Waals surface area contributed by atoms with Crippen molar-refractivity contribution < 1.29 is 20.1 Å². The SMILES string of the molecule is CC1=N[C@H]2C(O)[C@H](O)C(CO)O[C@H]2S1. The topological polar surface area (TPSA) is 82.3 Å². The van der Waals surface area contributed by atoms with Crippen LogP contribution in [0.3, 0.4) is 0 Å². The molecule has 5 atom stereocenters. The Balaban J connectivity index is 2.14. The van der Waals surface area contributed by atoms with Crippen molar-refractivity contribution in [2.45, 2.75) is 36.7 Å². The van der Waals surface area contributed by atoms with Gasteiger partial charge in [-0.05, 0) is 6.92 Å². The molecule has 0 bridgehead atoms. The lowest BCUT2D eigenvalue weighted by molar-refractivity contribution is -0.164. The van der Waals surface area contributed by atoms with Gasteiger partial charge in [0.25, 0.3) is 0 Å². The number of aliphatic hydroxyl groups is 3. The first-order chi connectivity index (χ1) is 6.63. The molecule has 2 rings (SSSR count). The third-order valence-electron chi connectivity index (χ3n) is 2.47. The van der Waals surface area contributed by atoms with Crippen molar-refractivity contribution in [1.29, 1.82) is 0 Å². The van der Waals surface area contributed by atoms with Crippen molar-refractivity contribution in [1.82, 2.24) is 0 Å². The Morgan fingerprint density at radius 3 is 2.79 bits per heavy atom. The summed E-state index contributed by atoms with van der Waals surface area (Å²) < 4.78 is 5.40. The fraction of sp³-hybridized carbons (Fsp3) is 0.875. The van der Waals surface area contributed by atoms with Gasteiger partial charge in [-0.25, -0.2) is 0 Å². The Hall–Kier alpha value is -0.140. The standard InChI is InChI=1S/C8H13NO4S/c1-3-9-5-7(12)6(11)4(2-10)13-8(5)14-3/h4-8,10-12H,2H2,1H3/t4?,5-,6+,7?,8-/m0/s1. The highest BCUT2D eigenvalue weighted by molar-refractivity contribution is 8.14. The lowest BCUT2D eigenvalue weighted by atomic mass is 9.99. The molecule has 0 aromatic heterocycles. The van der Waals surface area contributed by atoms with E-state index >= 15 is 0 Å². The maximum atomic E-state index is 9.71. The van der Waals surface area contributed by atoms with Gasteiger partial charge < -0.3 is 20.1 Å². The van der Waals surface area contributed by atoms with Crippen molar-refractivity contribution in [2.75, 3.05) is 6.61 Å². The maximum Gasteiger partial charge on any atom is 0.134 e. The third kappa shape index (κ3) is 1.57. The summed E-state index contributed by atoms with van der Waals surface area (Å²) in [6.45, 7) is 1.54. The molecule has 0 aromatic carbocycles. The zero-order valence-electron chi connectivity index (χ0n) is 7.70. The van der Waals surface area contributed by atoms with Crippen molar-refractivity contribution >= 4 is 16.8 Å². The number of hydrogen-bond donors (Lipinski definition) is 3. The smallest absolute Gasteiger partial charge is 0.134 e. The first kappa shape index (κ1) is 10.4. The van der Waals surface area contributed by atoms with Crippen LogP contribution < -0.4 is 0 Å². The Morgan fingerprint density at radius 2 is 2.14 bits per heavy atom. The second-order valence-corrected chi connectivity index (χ2v) is 4.75. The lowest BCUT2D eigenvalue weighted by Crippen LogP contribution is -2.55. The van der Waals surface area contributed by atoms with Gasteiger partial charge in [-0.15, -0.1) is 0 Å². The van der Waals surface area contributed by atoms with Gasteiger partial charge in [-0.2, -0.15) is 0 Å². The van der Waals surface area contributed by atoms with Crippen molar-refractivity contribution in [2.24, 2.45) is 4.99 Å². The fourth-order valence-corrected chi connectivity index (χ4v) is 2.79. The highest BCUT2D eigenvalue weighted by Crippen LogP contribution is 2.36. The molecule has 0 amide bonds. The molecular formula is C8H13NO4S. The largest absolute Gasteiger partial charge is 0.394 e. The predicted octanol–water partition coefficient (Wildman–Crippen LogP) is -1.04. The minimum atomic E-state index is -1.06. The fourth-order valence-electron chi connectivity index (χ4n) is 1.71. The maximum absolute atomic E-state index is 9.71. The molecule has 2 heterocycles. The van der Waals surface area contributed by atoms with E-state index in [9.17, 15) is 10.2 Å². The molecule has 5 nitrogen and oxygen atoms in total. The molecule has 3 N–H and O–H groups in total. The van der Waals surface area contributed by atoms with E-state index in [1.54, 1.807) is 0 Å². The summed E-state index contributed by atoms with van der Waals surface area (Å²) >= 11 is 1.42. The summed E-state index contributed by atoms with van der Waals surface area (Å²) in [4.78, 5) is 4.17. The molecule has 0 spiro atoms. The highest BCUT2D eigenvalue weighted by atomic mass is 32.2. The number of fused-ring (bicyclic) bond motifs is 1. The van der Waals surface area contributed by atoms with E-state index in [0.29, 0.717) is 0 Å². The number of nitrogens with zero attached hydrogens (tertiary/aromatic N) is 1. The van der Waals surface area contributed by atoms with E-state index in [-0.39, 0.29) is 12.0 Å². The zero-order valence-corrected chi connectivity index (χ0v) is 8.52. The van der Waals surface area contributed by atoms with E-state index in [2.05, 4.69) is 4.99 Å². The number of ether oxygens (including phenoxy) is 1. The average Bonchev–Trinajstić information content (AvgIpc) is 2.52. The Morgan fingerprint density at radius 1 is 1.43 bits per heavy atom. The predicted molar refractivity (Wildman–Crippen MR) is 52.2 cm³/mol. The van der Waals surface area contributed by atoms with E-state index in [4.69, 9.17) is 9.84 Å². The molecule has 0 saturated carbocycles. The first-order valence-corrected chi connectivity index (χ1v) is 5.35. The first-order valence-electron chi connectivity index (χ1n) is 4.47. The van der Waals surface area contributed by atoms with Crippen LogP contribution in [-0.4, -0.2) is 56.8 Å². The monoisotopic (exact) mass is 219 g/mol. The molecule has 1 saturated heterocycles. The minimum Gasteiger partial charge on any atom is -0.394 e. The van der Waals surface area contributed by atoms with Gasteiger partial charge in [0.1, 0.15) is 29.8 Å². The van der Waals surface area contributed by atoms with Crippen LogP contribution in [0.15, 0.2) is 4.99 Å². The molecule has 0 radical (unpaired) electrons. The molecule has 2 aliphatic heterocycles. The summed E-state index contributed by atoms with van der Waals surface area (Å²) in [5, 5.41) is 29.0. The number of hydrogen-bond acceptors (Lipinski definition) is 6. The third-order valence-corrected chi connectivity index (χ3v) is 3.53. The van der Waals surface area contributed by atoms with Gasteiger partial charge in [0.15, 0.2) is 0 Å². The van der Waals surface area contributed by atoms with Crippen molar-refractivity contribution in [3.05, 3.63) is 0 Å². The summed E-state index contributed by atoms with van der Waals surface area (Å²) in [5.74, 6) is 0. The summed E-state index contributed by atoms with van der Waals surface area (Å²) in [6, 6.07) is -0.405. The summed E-state index contributed by atoms with van der Waals surface area (Å²) in [7, 11) is 0. The van der Waals surface area contributed by atoms with Crippen LogP contribution in [-0.2, 0) is 4.74 Å². The zero-order chi connectivity index (χ0) is 10.3. The average molecular weight is 219 g/mol. The summed E-state index contributed by atoms with van der Waals surface area (Å²) in [6.07, 6.45) is -2.72. The minimum absolute atomic E-state index is 0.273. The van der Waals surface area contributed by atoms with Crippen LogP contribution in [0.5, 0.6) is 0 Å². The van der Waals surface area contributed by atoms with Crippen LogP contribution in [0.4, 0.5) is 0 Å². The Bertz CT molecular complexity index is 260. The van der Waals surface area contributed by atoms with E-state index in [1.807, 2.05) is 6.92 Å². The van der Waals surface area contributed by atoms with Gasteiger partial charge in [0, 0.05) is 0 Å². The highest BCUT2D eigenvalue weighted by Gasteiger charge is 2.47. The molecule has 6 heteroatoms. The molecule has 2 aliphatic rings. The van der Waals surface area contributed by atoms with Crippen molar-refractivity contribution in [3.63, 3.8) is 0 Å². The van der Waals surface area contributed by atoms with Crippen LogP contribution in [0.25, 0.3) is 0 Å². The Labute approximate surface area is 85.8 Å². The van der Waals surface area contributed by atoms with Gasteiger partial charge in [0.2, 0.25) is 0 Å². The van der Waals surface area contributed by atoms with Gasteiger partial charge in [-0.1, -0.05) is 11.8 Å². The lowest BCUT2D eigenvalue weighted by Gasteiger charge is -2.37.